The summed E-state index contributed by atoms with van der Waals surface area (Å²) in [5.74, 6) is 0. The average molecular weight is 204 g/mol. The molecule has 0 saturated carbocycles. The van der Waals surface area contributed by atoms with E-state index in [0.29, 0.717) is 6.61 Å². The Morgan fingerprint density at radius 1 is 1.58 bits per heavy atom. The normalized spacial score (nSPS) is 13.2. The quantitative estimate of drug-likeness (QED) is 0.762. The molecule has 1 heterocycles. The molecule has 1 unspecified atom stereocenters. The third-order valence-corrected chi connectivity index (χ3v) is 4.21. The van der Waals surface area contributed by atoms with Crippen molar-refractivity contribution in [3.05, 3.63) is 17.0 Å². The summed E-state index contributed by atoms with van der Waals surface area (Å²) in [4.78, 5) is 9.57. The van der Waals surface area contributed by atoms with E-state index in [1.54, 1.807) is 11.3 Å². The molecule has 2 nitrogen and oxygen atoms in total. The zero-order valence-corrected chi connectivity index (χ0v) is 8.99. The summed E-state index contributed by atoms with van der Waals surface area (Å²) in [6, 6.07) is 2.05. The summed E-state index contributed by atoms with van der Waals surface area (Å²) in [6.07, 6.45) is 0.964. The Kier molecular flexibility index (Phi) is 4.16. The lowest BCUT2D eigenvalue weighted by Crippen LogP contribution is -2.02. The molecule has 0 aliphatic heterocycles. The molecular formula is C8H13O2PS. The first-order valence-electron chi connectivity index (χ1n) is 3.97. The minimum absolute atomic E-state index is 0.573. The molecule has 1 N–H and O–H groups in total. The molecule has 1 aromatic rings. The summed E-state index contributed by atoms with van der Waals surface area (Å²) in [7, 11) is -1.35. The molecule has 4 heteroatoms. The summed E-state index contributed by atoms with van der Waals surface area (Å²) < 4.78 is 6.17. The van der Waals surface area contributed by atoms with Crippen LogP contribution in [0.1, 0.15) is 19.4 Å². The van der Waals surface area contributed by atoms with Crippen molar-refractivity contribution in [3.8, 4) is 0 Å². The fourth-order valence-electron chi connectivity index (χ4n) is 0.946. The summed E-state index contributed by atoms with van der Waals surface area (Å²) >= 11 is 1.58. The summed E-state index contributed by atoms with van der Waals surface area (Å²) in [6.45, 7) is 4.55. The molecule has 0 spiro atoms. The minimum atomic E-state index is -1.35. The van der Waals surface area contributed by atoms with Crippen molar-refractivity contribution < 1.29 is 9.42 Å². The van der Waals surface area contributed by atoms with Crippen LogP contribution in [0.25, 0.3) is 0 Å². The fraction of sp³-hybridized carbons (Fsp3) is 0.500. The maximum Gasteiger partial charge on any atom is 0.213 e. The van der Waals surface area contributed by atoms with Crippen molar-refractivity contribution in [2.45, 2.75) is 20.3 Å². The Morgan fingerprint density at radius 2 is 2.33 bits per heavy atom. The van der Waals surface area contributed by atoms with E-state index in [0.717, 1.165) is 11.0 Å². The molecule has 0 fully saturated rings. The van der Waals surface area contributed by atoms with Crippen LogP contribution >= 0.6 is 19.7 Å². The number of hydrogen-bond acceptors (Lipinski definition) is 3. The van der Waals surface area contributed by atoms with Crippen LogP contribution in [0.5, 0.6) is 0 Å². The lowest BCUT2D eigenvalue weighted by atomic mass is 10.3. The molecule has 1 atom stereocenters. The Hall–Kier alpha value is 0.0500. The van der Waals surface area contributed by atoms with Gasteiger partial charge in [0.15, 0.2) is 0 Å². The second-order valence-corrected chi connectivity index (χ2v) is 4.77. The van der Waals surface area contributed by atoms with E-state index in [2.05, 4.69) is 6.92 Å². The summed E-state index contributed by atoms with van der Waals surface area (Å²) in [5, 5.41) is 2.00. The highest BCUT2D eigenvalue weighted by Crippen LogP contribution is 2.34. The molecule has 0 bridgehead atoms. The SMILES string of the molecule is CCOP(O)c1sccc1CC. The van der Waals surface area contributed by atoms with Crippen molar-refractivity contribution in [3.63, 3.8) is 0 Å². The first-order valence-corrected chi connectivity index (χ1v) is 6.07. The molecule has 1 rings (SSSR count). The van der Waals surface area contributed by atoms with Gasteiger partial charge in [-0.1, -0.05) is 6.92 Å². The zero-order chi connectivity index (χ0) is 8.97. The number of thiophene rings is 1. The first-order chi connectivity index (χ1) is 5.79. The predicted molar refractivity (Wildman–Crippen MR) is 54.1 cm³/mol. The van der Waals surface area contributed by atoms with Gasteiger partial charge in [0.2, 0.25) is 8.38 Å². The molecule has 0 aliphatic rings. The Bertz CT molecular complexity index is 237. The van der Waals surface area contributed by atoms with E-state index in [-0.39, 0.29) is 0 Å². The smallest absolute Gasteiger partial charge is 0.213 e. The van der Waals surface area contributed by atoms with Gasteiger partial charge >= 0.3 is 0 Å². The van der Waals surface area contributed by atoms with Crippen molar-refractivity contribution in [1.82, 2.24) is 0 Å². The Balaban J connectivity index is 2.71. The average Bonchev–Trinajstić information content (AvgIpc) is 2.51. The van der Waals surface area contributed by atoms with Crippen LogP contribution in [-0.4, -0.2) is 11.5 Å². The number of hydrogen-bond donors (Lipinski definition) is 1. The van der Waals surface area contributed by atoms with Crippen LogP contribution in [-0.2, 0) is 10.9 Å². The van der Waals surface area contributed by atoms with Gasteiger partial charge in [-0.05, 0) is 30.4 Å². The van der Waals surface area contributed by atoms with Gasteiger partial charge < -0.3 is 9.42 Å². The molecule has 68 valence electrons. The first kappa shape index (κ1) is 10.1. The van der Waals surface area contributed by atoms with Crippen LogP contribution < -0.4 is 4.62 Å². The highest BCUT2D eigenvalue weighted by molar-refractivity contribution is 7.62. The van der Waals surface area contributed by atoms with Crippen LogP contribution in [0.3, 0.4) is 0 Å². The maximum atomic E-state index is 9.57. The largest absolute Gasteiger partial charge is 0.346 e. The lowest BCUT2D eigenvalue weighted by Gasteiger charge is -2.08. The van der Waals surface area contributed by atoms with E-state index in [4.69, 9.17) is 4.52 Å². The van der Waals surface area contributed by atoms with Crippen molar-refractivity contribution in [2.24, 2.45) is 0 Å². The van der Waals surface area contributed by atoms with Gasteiger partial charge in [0.05, 0.1) is 11.2 Å². The Morgan fingerprint density at radius 3 is 2.92 bits per heavy atom. The van der Waals surface area contributed by atoms with Gasteiger partial charge in [-0.3, -0.25) is 0 Å². The van der Waals surface area contributed by atoms with Crippen LogP contribution in [0.4, 0.5) is 0 Å². The highest BCUT2D eigenvalue weighted by atomic mass is 32.1. The van der Waals surface area contributed by atoms with E-state index in [1.807, 2.05) is 18.4 Å². The topological polar surface area (TPSA) is 29.5 Å². The van der Waals surface area contributed by atoms with Crippen molar-refractivity contribution >= 4 is 24.3 Å². The van der Waals surface area contributed by atoms with E-state index in [1.165, 1.54) is 5.56 Å². The Labute approximate surface area is 78.1 Å². The van der Waals surface area contributed by atoms with E-state index in [9.17, 15) is 4.89 Å². The maximum absolute atomic E-state index is 9.57. The minimum Gasteiger partial charge on any atom is -0.346 e. The molecule has 0 aromatic carbocycles. The van der Waals surface area contributed by atoms with Gasteiger partial charge in [-0.15, -0.1) is 11.3 Å². The van der Waals surface area contributed by atoms with Crippen LogP contribution in [0, 0.1) is 0 Å². The van der Waals surface area contributed by atoms with Gasteiger partial charge in [-0.25, -0.2) is 0 Å². The second kappa shape index (κ2) is 4.93. The molecule has 0 saturated heterocycles. The monoisotopic (exact) mass is 204 g/mol. The predicted octanol–water partition coefficient (Wildman–Crippen LogP) is 2.28. The molecule has 0 aliphatic carbocycles. The van der Waals surface area contributed by atoms with Gasteiger partial charge in [0, 0.05) is 0 Å². The summed E-state index contributed by atoms with van der Waals surface area (Å²) in [5.41, 5.74) is 1.21. The third kappa shape index (κ3) is 2.27. The molecular weight excluding hydrogens is 191 g/mol. The van der Waals surface area contributed by atoms with Crippen LogP contribution in [0.15, 0.2) is 11.4 Å². The number of aryl methyl sites for hydroxylation is 1. The lowest BCUT2D eigenvalue weighted by molar-refractivity contribution is 0.338. The zero-order valence-electron chi connectivity index (χ0n) is 7.28. The third-order valence-electron chi connectivity index (χ3n) is 1.53. The number of rotatable bonds is 4. The van der Waals surface area contributed by atoms with Gasteiger partial charge in [0.1, 0.15) is 0 Å². The van der Waals surface area contributed by atoms with E-state index >= 15 is 0 Å². The molecule has 12 heavy (non-hydrogen) atoms. The van der Waals surface area contributed by atoms with E-state index < -0.39 is 8.38 Å². The van der Waals surface area contributed by atoms with Gasteiger partial charge in [0.25, 0.3) is 0 Å². The fourth-order valence-corrected chi connectivity index (χ4v) is 3.21. The molecule has 1 aromatic heterocycles. The highest BCUT2D eigenvalue weighted by Gasteiger charge is 2.13. The standard InChI is InChI=1S/C8H13O2PS/c1-3-7-5-6-12-8(7)11(9)10-4-2/h5-6,9H,3-4H2,1-2H3. The molecule has 0 amide bonds. The van der Waals surface area contributed by atoms with Crippen molar-refractivity contribution in [2.75, 3.05) is 6.61 Å². The second-order valence-electron chi connectivity index (χ2n) is 2.30. The van der Waals surface area contributed by atoms with Gasteiger partial charge in [-0.2, -0.15) is 0 Å². The van der Waals surface area contributed by atoms with Crippen LogP contribution in [0.2, 0.25) is 0 Å². The molecule has 0 radical (unpaired) electrons. The van der Waals surface area contributed by atoms with Crippen molar-refractivity contribution in [1.29, 1.82) is 0 Å².